The van der Waals surface area contributed by atoms with Crippen LogP contribution in [-0.2, 0) is 6.54 Å². The highest BCUT2D eigenvalue weighted by molar-refractivity contribution is 5.48. The fraction of sp³-hybridized carbons (Fsp3) is 0.526. The maximum atomic E-state index is 5.97. The summed E-state index contributed by atoms with van der Waals surface area (Å²) in [6, 6.07) is 10.5. The lowest BCUT2D eigenvalue weighted by Gasteiger charge is -2.36. The van der Waals surface area contributed by atoms with Crippen molar-refractivity contribution in [1.29, 1.82) is 0 Å². The summed E-state index contributed by atoms with van der Waals surface area (Å²) in [5.74, 6) is 1.84. The first-order valence-electron chi connectivity index (χ1n) is 9.56. The normalized spacial score (nSPS) is 18.9. The van der Waals surface area contributed by atoms with Crippen molar-refractivity contribution in [3.05, 3.63) is 36.2 Å². The van der Waals surface area contributed by atoms with Gasteiger partial charge in [-0.25, -0.2) is 0 Å². The number of anilines is 3. The molecule has 2 aliphatic rings. The predicted octanol–water partition coefficient (Wildman–Crippen LogP) is 1.77. The summed E-state index contributed by atoms with van der Waals surface area (Å²) in [6.07, 6.45) is 3.84. The second kappa shape index (κ2) is 7.86. The monoisotopic (exact) mass is 353 g/mol. The minimum atomic E-state index is 0.326. The third-order valence-electron chi connectivity index (χ3n) is 5.18. The zero-order valence-electron chi connectivity index (χ0n) is 15.2. The third-order valence-corrected chi connectivity index (χ3v) is 5.18. The van der Waals surface area contributed by atoms with Crippen LogP contribution in [0.15, 0.2) is 30.3 Å². The Balaban J connectivity index is 1.41. The molecule has 4 rings (SSSR count). The first-order valence-corrected chi connectivity index (χ1v) is 9.56. The van der Waals surface area contributed by atoms with Crippen LogP contribution in [0, 0.1) is 0 Å². The molecular weight excluding hydrogens is 326 g/mol. The molecule has 0 spiro atoms. The van der Waals surface area contributed by atoms with Gasteiger partial charge in [-0.3, -0.25) is 4.90 Å². The van der Waals surface area contributed by atoms with Crippen molar-refractivity contribution in [1.82, 2.24) is 19.9 Å². The summed E-state index contributed by atoms with van der Waals surface area (Å²) in [5, 5.41) is 0. The van der Waals surface area contributed by atoms with Crippen LogP contribution in [0.3, 0.4) is 0 Å². The van der Waals surface area contributed by atoms with Crippen LogP contribution in [0.25, 0.3) is 0 Å². The van der Waals surface area contributed by atoms with E-state index in [-0.39, 0.29) is 0 Å². The molecule has 2 fully saturated rings. The molecule has 0 bridgehead atoms. The van der Waals surface area contributed by atoms with Gasteiger partial charge in [-0.15, -0.1) is 0 Å². The Hall–Kier alpha value is -2.41. The van der Waals surface area contributed by atoms with Crippen LogP contribution < -0.4 is 15.5 Å². The molecule has 3 heterocycles. The lowest BCUT2D eigenvalue weighted by molar-refractivity contribution is 0.216. The summed E-state index contributed by atoms with van der Waals surface area (Å²) in [5.41, 5.74) is 7.24. The summed E-state index contributed by atoms with van der Waals surface area (Å²) < 4.78 is 0. The number of aromatic nitrogens is 3. The topological polar surface area (TPSA) is 74.4 Å². The largest absolute Gasteiger partial charge is 0.368 e. The number of benzene rings is 1. The predicted molar refractivity (Wildman–Crippen MR) is 104 cm³/mol. The van der Waals surface area contributed by atoms with E-state index in [1.54, 1.807) is 0 Å². The number of nitrogens with two attached hydrogens (primary N) is 1. The lowest BCUT2D eigenvalue weighted by atomic mass is 10.1. The molecule has 7 nitrogen and oxygen atoms in total. The number of hydrogen-bond acceptors (Lipinski definition) is 7. The van der Waals surface area contributed by atoms with E-state index in [9.17, 15) is 0 Å². The molecule has 2 aliphatic heterocycles. The highest BCUT2D eigenvalue weighted by Gasteiger charge is 2.21. The second-order valence-electron chi connectivity index (χ2n) is 7.06. The second-order valence-corrected chi connectivity index (χ2v) is 7.06. The van der Waals surface area contributed by atoms with Crippen molar-refractivity contribution in [2.24, 2.45) is 0 Å². The van der Waals surface area contributed by atoms with Gasteiger partial charge in [0.05, 0.1) is 6.54 Å². The minimum absolute atomic E-state index is 0.326. The number of piperidine rings is 1. The number of para-hydroxylation sites is 1. The Bertz CT molecular complexity index is 707. The van der Waals surface area contributed by atoms with Gasteiger partial charge in [-0.1, -0.05) is 24.6 Å². The Morgan fingerprint density at radius 2 is 1.46 bits per heavy atom. The van der Waals surface area contributed by atoms with Crippen molar-refractivity contribution in [2.45, 2.75) is 25.8 Å². The van der Waals surface area contributed by atoms with Crippen molar-refractivity contribution < 1.29 is 0 Å². The van der Waals surface area contributed by atoms with Gasteiger partial charge in [-0.2, -0.15) is 15.0 Å². The van der Waals surface area contributed by atoms with E-state index in [1.165, 1.54) is 24.9 Å². The Kier molecular flexibility index (Phi) is 5.15. The first-order chi connectivity index (χ1) is 12.8. The maximum Gasteiger partial charge on any atom is 0.230 e. The SMILES string of the molecule is Nc1nc(CN2CCCCC2)nc(N2CCN(c3ccccc3)CC2)n1. The van der Waals surface area contributed by atoms with Crippen LogP contribution >= 0.6 is 0 Å². The number of piperazine rings is 1. The highest BCUT2D eigenvalue weighted by atomic mass is 15.3. The molecule has 1 aromatic heterocycles. The molecule has 0 saturated carbocycles. The average molecular weight is 353 g/mol. The molecular formula is C19H27N7. The zero-order valence-corrected chi connectivity index (χ0v) is 15.2. The van der Waals surface area contributed by atoms with E-state index in [4.69, 9.17) is 10.7 Å². The molecule has 1 aromatic carbocycles. The van der Waals surface area contributed by atoms with Crippen LogP contribution in [0.5, 0.6) is 0 Å². The van der Waals surface area contributed by atoms with Gasteiger partial charge in [0.15, 0.2) is 0 Å². The van der Waals surface area contributed by atoms with E-state index in [2.05, 4.69) is 55.0 Å². The van der Waals surface area contributed by atoms with Gasteiger partial charge in [0, 0.05) is 31.9 Å². The molecule has 138 valence electrons. The van der Waals surface area contributed by atoms with Gasteiger partial charge in [0.25, 0.3) is 0 Å². The van der Waals surface area contributed by atoms with Gasteiger partial charge < -0.3 is 15.5 Å². The van der Waals surface area contributed by atoms with Crippen LogP contribution in [0.2, 0.25) is 0 Å². The highest BCUT2D eigenvalue weighted by Crippen LogP contribution is 2.19. The zero-order chi connectivity index (χ0) is 17.8. The fourth-order valence-electron chi connectivity index (χ4n) is 3.76. The smallest absolute Gasteiger partial charge is 0.230 e. The number of likely N-dealkylation sites (tertiary alicyclic amines) is 1. The Labute approximate surface area is 154 Å². The number of nitrogens with zero attached hydrogens (tertiary/aromatic N) is 6. The van der Waals surface area contributed by atoms with Crippen LogP contribution in [0.1, 0.15) is 25.1 Å². The Morgan fingerprint density at radius 1 is 0.769 bits per heavy atom. The standard InChI is InChI=1S/C19H27N7/c20-18-21-17(15-24-9-5-2-6-10-24)22-19(23-18)26-13-11-25(12-14-26)16-7-3-1-4-8-16/h1,3-4,7-8H,2,5-6,9-15H2,(H2,20,21,22,23). The number of rotatable bonds is 4. The van der Waals surface area contributed by atoms with Gasteiger partial charge >= 0.3 is 0 Å². The molecule has 7 heteroatoms. The Morgan fingerprint density at radius 3 is 2.19 bits per heavy atom. The molecule has 0 amide bonds. The quantitative estimate of drug-likeness (QED) is 0.898. The number of hydrogen-bond donors (Lipinski definition) is 1. The first kappa shape index (κ1) is 17.0. The summed E-state index contributed by atoms with van der Waals surface area (Å²) >= 11 is 0. The van der Waals surface area contributed by atoms with Gasteiger partial charge in [0.1, 0.15) is 5.82 Å². The molecule has 2 saturated heterocycles. The summed E-state index contributed by atoms with van der Waals surface area (Å²) in [4.78, 5) is 20.5. The van der Waals surface area contributed by atoms with Crippen molar-refractivity contribution in [3.8, 4) is 0 Å². The average Bonchev–Trinajstić information content (AvgIpc) is 2.69. The van der Waals surface area contributed by atoms with E-state index in [0.29, 0.717) is 5.95 Å². The van der Waals surface area contributed by atoms with Crippen molar-refractivity contribution in [3.63, 3.8) is 0 Å². The van der Waals surface area contributed by atoms with Gasteiger partial charge in [0.2, 0.25) is 11.9 Å². The molecule has 0 atom stereocenters. The van der Waals surface area contributed by atoms with Crippen molar-refractivity contribution >= 4 is 17.6 Å². The third kappa shape index (κ3) is 4.04. The van der Waals surface area contributed by atoms with Gasteiger partial charge in [-0.05, 0) is 38.1 Å². The molecule has 0 radical (unpaired) electrons. The fourth-order valence-corrected chi connectivity index (χ4v) is 3.76. The lowest BCUT2D eigenvalue weighted by Crippen LogP contribution is -2.47. The molecule has 2 N–H and O–H groups in total. The number of nitrogen functional groups attached to an aromatic ring is 1. The van der Waals surface area contributed by atoms with E-state index in [1.807, 2.05) is 0 Å². The van der Waals surface area contributed by atoms with Crippen LogP contribution in [0.4, 0.5) is 17.6 Å². The van der Waals surface area contributed by atoms with Crippen molar-refractivity contribution in [2.75, 3.05) is 54.8 Å². The van der Waals surface area contributed by atoms with E-state index >= 15 is 0 Å². The van der Waals surface area contributed by atoms with Crippen LogP contribution in [-0.4, -0.2) is 59.1 Å². The maximum absolute atomic E-state index is 5.97. The minimum Gasteiger partial charge on any atom is -0.368 e. The molecule has 26 heavy (non-hydrogen) atoms. The van der Waals surface area contributed by atoms with E-state index < -0.39 is 0 Å². The molecule has 0 unspecified atom stereocenters. The molecule has 2 aromatic rings. The summed E-state index contributed by atoms with van der Waals surface area (Å²) in [6.45, 7) is 6.70. The summed E-state index contributed by atoms with van der Waals surface area (Å²) in [7, 11) is 0. The van der Waals surface area contributed by atoms with E-state index in [0.717, 1.165) is 57.6 Å². The molecule has 0 aliphatic carbocycles.